The summed E-state index contributed by atoms with van der Waals surface area (Å²) in [6, 6.07) is 23.8. The molecule has 1 atom stereocenters. The first-order valence-electron chi connectivity index (χ1n) is 7.16. The molecular formula is C19H17BrS. The topological polar surface area (TPSA) is 0 Å². The van der Waals surface area contributed by atoms with E-state index in [0.717, 1.165) is 6.42 Å². The summed E-state index contributed by atoms with van der Waals surface area (Å²) >= 11 is 5.72. The van der Waals surface area contributed by atoms with Gasteiger partial charge in [0.2, 0.25) is 0 Å². The average molecular weight is 357 g/mol. The molecule has 0 spiro atoms. The van der Waals surface area contributed by atoms with E-state index >= 15 is 0 Å². The van der Waals surface area contributed by atoms with Crippen molar-refractivity contribution >= 4 is 27.3 Å². The zero-order valence-corrected chi connectivity index (χ0v) is 14.3. The van der Waals surface area contributed by atoms with Gasteiger partial charge in [0, 0.05) is 9.75 Å². The molecule has 1 unspecified atom stereocenters. The molecule has 0 amide bonds. The van der Waals surface area contributed by atoms with Crippen LogP contribution in [0.3, 0.4) is 0 Å². The Morgan fingerprint density at radius 2 is 1.52 bits per heavy atom. The summed E-state index contributed by atoms with van der Waals surface area (Å²) in [5.41, 5.74) is 3.83. The van der Waals surface area contributed by atoms with Gasteiger partial charge in [-0.1, -0.05) is 77.5 Å². The summed E-state index contributed by atoms with van der Waals surface area (Å²) in [5.74, 6) is 0. The minimum atomic E-state index is 0.285. The Morgan fingerprint density at radius 1 is 0.857 bits per heavy atom. The van der Waals surface area contributed by atoms with Gasteiger partial charge in [-0.15, -0.1) is 11.3 Å². The molecule has 0 saturated carbocycles. The molecule has 2 heteroatoms. The molecule has 3 aromatic rings. The Bertz CT molecular complexity index is 698. The average Bonchev–Trinajstić information content (AvgIpc) is 3.04. The lowest BCUT2D eigenvalue weighted by Gasteiger charge is -2.09. The molecule has 3 rings (SSSR count). The lowest BCUT2D eigenvalue weighted by Crippen LogP contribution is -1.89. The Labute approximate surface area is 138 Å². The highest BCUT2D eigenvalue weighted by Crippen LogP contribution is 2.36. The van der Waals surface area contributed by atoms with Crippen molar-refractivity contribution in [1.29, 1.82) is 0 Å². The predicted molar refractivity (Wildman–Crippen MR) is 96.3 cm³/mol. The van der Waals surface area contributed by atoms with E-state index in [1.165, 1.54) is 26.4 Å². The van der Waals surface area contributed by atoms with Crippen LogP contribution in [0.4, 0.5) is 0 Å². The van der Waals surface area contributed by atoms with E-state index in [2.05, 4.69) is 89.6 Å². The molecule has 0 N–H and O–H groups in total. The lowest BCUT2D eigenvalue weighted by molar-refractivity contribution is 1.19. The number of thiophene rings is 1. The minimum Gasteiger partial charge on any atom is -0.144 e. The van der Waals surface area contributed by atoms with Crippen molar-refractivity contribution in [3.63, 3.8) is 0 Å². The van der Waals surface area contributed by atoms with E-state index < -0.39 is 0 Å². The van der Waals surface area contributed by atoms with Crippen LogP contribution >= 0.6 is 27.3 Å². The van der Waals surface area contributed by atoms with Gasteiger partial charge >= 0.3 is 0 Å². The maximum atomic E-state index is 3.83. The fraction of sp³-hybridized carbons (Fsp3) is 0.158. The third-order valence-electron chi connectivity index (χ3n) is 3.59. The van der Waals surface area contributed by atoms with Gasteiger partial charge in [-0.2, -0.15) is 0 Å². The third kappa shape index (κ3) is 3.28. The predicted octanol–water partition coefficient (Wildman–Crippen LogP) is 6.46. The molecule has 0 aliphatic rings. The number of hydrogen-bond acceptors (Lipinski definition) is 1. The molecule has 1 aromatic heterocycles. The maximum Gasteiger partial charge on any atom is 0.0738 e. The third-order valence-corrected chi connectivity index (χ3v) is 6.21. The largest absolute Gasteiger partial charge is 0.144 e. The molecule has 0 bridgehead atoms. The minimum absolute atomic E-state index is 0.285. The molecule has 0 nitrogen and oxygen atoms in total. The van der Waals surface area contributed by atoms with Crippen molar-refractivity contribution in [2.75, 3.05) is 0 Å². The van der Waals surface area contributed by atoms with E-state index in [0.29, 0.717) is 0 Å². The lowest BCUT2D eigenvalue weighted by atomic mass is 10.0. The first-order chi connectivity index (χ1) is 10.3. The number of hydrogen-bond donors (Lipinski definition) is 0. The highest BCUT2D eigenvalue weighted by Gasteiger charge is 2.12. The van der Waals surface area contributed by atoms with E-state index in [1.54, 1.807) is 0 Å². The van der Waals surface area contributed by atoms with Gasteiger partial charge in [-0.3, -0.25) is 0 Å². The summed E-state index contributed by atoms with van der Waals surface area (Å²) in [6.45, 7) is 2.20. The number of alkyl halides is 1. The summed E-state index contributed by atoms with van der Waals surface area (Å²) < 4.78 is 0. The smallest absolute Gasteiger partial charge is 0.0738 e. The fourth-order valence-electron chi connectivity index (χ4n) is 2.36. The van der Waals surface area contributed by atoms with Crippen LogP contribution in [0, 0.1) is 0 Å². The second-order valence-corrected chi connectivity index (χ2v) is 7.12. The molecule has 0 fully saturated rings. The monoisotopic (exact) mass is 356 g/mol. The Morgan fingerprint density at radius 3 is 2.14 bits per heavy atom. The second kappa shape index (κ2) is 6.59. The van der Waals surface area contributed by atoms with Crippen molar-refractivity contribution in [2.24, 2.45) is 0 Å². The van der Waals surface area contributed by atoms with Crippen LogP contribution in [0.1, 0.15) is 27.1 Å². The Hall–Kier alpha value is -1.38. The number of rotatable bonds is 4. The van der Waals surface area contributed by atoms with Gasteiger partial charge in [0.25, 0.3) is 0 Å². The molecule has 0 radical (unpaired) electrons. The summed E-state index contributed by atoms with van der Waals surface area (Å²) in [6.07, 6.45) is 1.11. The maximum absolute atomic E-state index is 3.83. The fourth-order valence-corrected chi connectivity index (χ4v) is 4.06. The quantitative estimate of drug-likeness (QED) is 0.470. The summed E-state index contributed by atoms with van der Waals surface area (Å²) in [4.78, 5) is 3.10. The van der Waals surface area contributed by atoms with Gasteiger partial charge in [0.1, 0.15) is 0 Å². The van der Waals surface area contributed by atoms with Crippen molar-refractivity contribution in [3.05, 3.63) is 82.0 Å². The van der Waals surface area contributed by atoms with Gasteiger partial charge < -0.3 is 0 Å². The highest BCUT2D eigenvalue weighted by atomic mass is 79.9. The van der Waals surface area contributed by atoms with Crippen LogP contribution in [-0.4, -0.2) is 0 Å². The molecular weight excluding hydrogens is 340 g/mol. The molecule has 2 aromatic carbocycles. The first-order valence-corrected chi connectivity index (χ1v) is 8.89. The Kier molecular flexibility index (Phi) is 4.57. The molecule has 0 saturated heterocycles. The van der Waals surface area contributed by atoms with Crippen molar-refractivity contribution in [2.45, 2.75) is 18.2 Å². The standard InChI is InChI=1S/C19H17BrS/c1-2-17-12-13-18(21-17)19(20)16-10-8-15(9-11-16)14-6-4-3-5-7-14/h3-13,19H,2H2,1H3. The van der Waals surface area contributed by atoms with Crippen molar-refractivity contribution < 1.29 is 0 Å². The molecule has 1 heterocycles. The summed E-state index contributed by atoms with van der Waals surface area (Å²) in [7, 11) is 0. The van der Waals surface area contributed by atoms with Gasteiger partial charge in [0.15, 0.2) is 0 Å². The van der Waals surface area contributed by atoms with Crippen LogP contribution in [0.2, 0.25) is 0 Å². The van der Waals surface area contributed by atoms with E-state index in [1.807, 2.05) is 11.3 Å². The Balaban J connectivity index is 1.83. The SMILES string of the molecule is CCc1ccc(C(Br)c2ccc(-c3ccccc3)cc2)s1. The summed E-state index contributed by atoms with van der Waals surface area (Å²) in [5, 5.41) is 0. The van der Waals surface area contributed by atoms with E-state index in [4.69, 9.17) is 0 Å². The van der Waals surface area contributed by atoms with Crippen LogP contribution < -0.4 is 0 Å². The number of benzene rings is 2. The van der Waals surface area contributed by atoms with E-state index in [9.17, 15) is 0 Å². The van der Waals surface area contributed by atoms with Crippen LogP contribution in [0.5, 0.6) is 0 Å². The van der Waals surface area contributed by atoms with Crippen molar-refractivity contribution in [1.82, 2.24) is 0 Å². The highest BCUT2D eigenvalue weighted by molar-refractivity contribution is 9.09. The van der Waals surface area contributed by atoms with Crippen LogP contribution in [-0.2, 0) is 6.42 Å². The molecule has 0 aliphatic heterocycles. The van der Waals surface area contributed by atoms with Gasteiger partial charge in [0.05, 0.1) is 4.83 Å². The molecule has 106 valence electrons. The number of halogens is 1. The first kappa shape index (κ1) is 14.6. The second-order valence-electron chi connectivity index (χ2n) is 5.01. The van der Waals surface area contributed by atoms with E-state index in [-0.39, 0.29) is 4.83 Å². The van der Waals surface area contributed by atoms with Gasteiger partial charge in [-0.05, 0) is 35.2 Å². The molecule has 21 heavy (non-hydrogen) atoms. The zero-order valence-electron chi connectivity index (χ0n) is 11.9. The zero-order chi connectivity index (χ0) is 14.7. The van der Waals surface area contributed by atoms with Crippen LogP contribution in [0.25, 0.3) is 11.1 Å². The number of aryl methyl sites for hydroxylation is 1. The normalized spacial score (nSPS) is 12.3. The molecule has 0 aliphatic carbocycles. The van der Waals surface area contributed by atoms with Crippen molar-refractivity contribution in [3.8, 4) is 11.1 Å². The van der Waals surface area contributed by atoms with Gasteiger partial charge in [-0.25, -0.2) is 0 Å². The van der Waals surface area contributed by atoms with Crippen LogP contribution in [0.15, 0.2) is 66.7 Å².